The molecule has 3 nitrogen and oxygen atoms in total. The molecule has 1 aromatic heterocycles. The number of hydrogen-bond donors (Lipinski definition) is 2. The summed E-state index contributed by atoms with van der Waals surface area (Å²) < 4.78 is 0. The van der Waals surface area contributed by atoms with Crippen LogP contribution in [0.3, 0.4) is 0 Å². The minimum absolute atomic E-state index is 0.0407. The van der Waals surface area contributed by atoms with E-state index in [2.05, 4.69) is 10.3 Å². The Hall–Kier alpha value is -0.930. The number of aromatic nitrogens is 1. The van der Waals surface area contributed by atoms with E-state index in [0.29, 0.717) is 0 Å². The van der Waals surface area contributed by atoms with Gasteiger partial charge in [0.2, 0.25) is 0 Å². The molecule has 0 fully saturated rings. The minimum atomic E-state index is -0.494. The van der Waals surface area contributed by atoms with Crippen molar-refractivity contribution in [2.45, 2.75) is 32.9 Å². The maximum Gasteiger partial charge on any atom is 0.0955 e. The van der Waals surface area contributed by atoms with E-state index in [1.54, 1.807) is 6.20 Å². The second kappa shape index (κ2) is 4.53. The first kappa shape index (κ1) is 11.1. The average molecular weight is 194 g/mol. The summed E-state index contributed by atoms with van der Waals surface area (Å²) in [4.78, 5) is 4.23. The SMILES string of the molecule is CNC(C)C(O)c1cnc(C)c(C)c1. The molecule has 3 heteroatoms. The average Bonchev–Trinajstić information content (AvgIpc) is 2.20. The molecule has 0 amide bonds. The number of nitrogens with zero attached hydrogens (tertiary/aromatic N) is 1. The van der Waals surface area contributed by atoms with Gasteiger partial charge in [-0.25, -0.2) is 0 Å². The highest BCUT2D eigenvalue weighted by atomic mass is 16.3. The summed E-state index contributed by atoms with van der Waals surface area (Å²) in [6.45, 7) is 5.91. The van der Waals surface area contributed by atoms with Crippen molar-refractivity contribution in [3.05, 3.63) is 29.1 Å². The van der Waals surface area contributed by atoms with Crippen molar-refractivity contribution in [3.8, 4) is 0 Å². The van der Waals surface area contributed by atoms with Crippen LogP contribution in [0.4, 0.5) is 0 Å². The number of aliphatic hydroxyl groups is 1. The lowest BCUT2D eigenvalue weighted by atomic mass is 10.0. The molecule has 0 saturated carbocycles. The molecule has 0 aliphatic rings. The predicted molar refractivity (Wildman–Crippen MR) is 57.2 cm³/mol. The van der Waals surface area contributed by atoms with Gasteiger partial charge >= 0.3 is 0 Å². The van der Waals surface area contributed by atoms with Gasteiger partial charge in [-0.1, -0.05) is 6.07 Å². The Kier molecular flexibility index (Phi) is 3.61. The van der Waals surface area contributed by atoms with Crippen LogP contribution in [0.2, 0.25) is 0 Å². The largest absolute Gasteiger partial charge is 0.387 e. The van der Waals surface area contributed by atoms with Gasteiger partial charge in [0.15, 0.2) is 0 Å². The quantitative estimate of drug-likeness (QED) is 0.763. The zero-order valence-corrected chi connectivity index (χ0v) is 9.20. The Morgan fingerprint density at radius 2 is 2.07 bits per heavy atom. The minimum Gasteiger partial charge on any atom is -0.387 e. The van der Waals surface area contributed by atoms with Crippen molar-refractivity contribution >= 4 is 0 Å². The van der Waals surface area contributed by atoms with Gasteiger partial charge in [-0.05, 0) is 33.4 Å². The molecule has 2 N–H and O–H groups in total. The molecule has 1 rings (SSSR count). The first-order chi connectivity index (χ1) is 6.56. The Morgan fingerprint density at radius 3 is 2.57 bits per heavy atom. The molecule has 14 heavy (non-hydrogen) atoms. The zero-order valence-electron chi connectivity index (χ0n) is 9.20. The number of aliphatic hydroxyl groups excluding tert-OH is 1. The smallest absolute Gasteiger partial charge is 0.0955 e. The van der Waals surface area contributed by atoms with E-state index in [0.717, 1.165) is 16.8 Å². The van der Waals surface area contributed by atoms with Gasteiger partial charge in [-0.3, -0.25) is 4.98 Å². The molecule has 1 aromatic rings. The summed E-state index contributed by atoms with van der Waals surface area (Å²) in [6, 6.07) is 2.03. The summed E-state index contributed by atoms with van der Waals surface area (Å²) in [5.41, 5.74) is 3.00. The van der Waals surface area contributed by atoms with Crippen molar-refractivity contribution in [2.75, 3.05) is 7.05 Å². The number of aryl methyl sites for hydroxylation is 2. The van der Waals surface area contributed by atoms with Crippen LogP contribution in [0.25, 0.3) is 0 Å². The van der Waals surface area contributed by atoms with E-state index in [1.807, 2.05) is 33.9 Å². The summed E-state index contributed by atoms with van der Waals surface area (Å²) in [5, 5.41) is 12.9. The van der Waals surface area contributed by atoms with Crippen LogP contribution in [0, 0.1) is 13.8 Å². The van der Waals surface area contributed by atoms with Gasteiger partial charge in [-0.15, -0.1) is 0 Å². The van der Waals surface area contributed by atoms with Crippen LogP contribution >= 0.6 is 0 Å². The Balaban J connectivity index is 2.91. The maximum atomic E-state index is 9.90. The lowest BCUT2D eigenvalue weighted by Gasteiger charge is -2.18. The van der Waals surface area contributed by atoms with Crippen molar-refractivity contribution in [3.63, 3.8) is 0 Å². The van der Waals surface area contributed by atoms with Crippen molar-refractivity contribution in [1.29, 1.82) is 0 Å². The van der Waals surface area contributed by atoms with Gasteiger partial charge in [0.1, 0.15) is 0 Å². The first-order valence-electron chi connectivity index (χ1n) is 4.84. The van der Waals surface area contributed by atoms with Crippen molar-refractivity contribution < 1.29 is 5.11 Å². The van der Waals surface area contributed by atoms with E-state index in [9.17, 15) is 5.11 Å². The fourth-order valence-electron chi connectivity index (χ4n) is 1.27. The van der Waals surface area contributed by atoms with Crippen LogP contribution < -0.4 is 5.32 Å². The molecule has 2 atom stereocenters. The van der Waals surface area contributed by atoms with Crippen LogP contribution in [-0.4, -0.2) is 23.2 Å². The molecule has 0 spiro atoms. The van der Waals surface area contributed by atoms with Crippen LogP contribution in [-0.2, 0) is 0 Å². The van der Waals surface area contributed by atoms with Crippen LogP contribution in [0.15, 0.2) is 12.3 Å². The van der Waals surface area contributed by atoms with Gasteiger partial charge in [0, 0.05) is 23.5 Å². The summed E-state index contributed by atoms with van der Waals surface area (Å²) in [5.74, 6) is 0. The van der Waals surface area contributed by atoms with E-state index in [-0.39, 0.29) is 6.04 Å². The lowest BCUT2D eigenvalue weighted by molar-refractivity contribution is 0.139. The normalized spacial score (nSPS) is 15.2. The van der Waals surface area contributed by atoms with E-state index >= 15 is 0 Å². The molecular weight excluding hydrogens is 176 g/mol. The third kappa shape index (κ3) is 2.30. The van der Waals surface area contributed by atoms with E-state index in [4.69, 9.17) is 0 Å². The Bertz CT molecular complexity index is 312. The van der Waals surface area contributed by atoms with E-state index < -0.39 is 6.10 Å². The third-order valence-corrected chi connectivity index (χ3v) is 2.63. The summed E-state index contributed by atoms with van der Waals surface area (Å²) in [6.07, 6.45) is 1.24. The molecular formula is C11H18N2O. The van der Waals surface area contributed by atoms with Crippen molar-refractivity contribution in [2.24, 2.45) is 0 Å². The van der Waals surface area contributed by atoms with Gasteiger partial charge < -0.3 is 10.4 Å². The third-order valence-electron chi connectivity index (χ3n) is 2.63. The van der Waals surface area contributed by atoms with Crippen molar-refractivity contribution in [1.82, 2.24) is 10.3 Å². The highest BCUT2D eigenvalue weighted by molar-refractivity contribution is 5.25. The zero-order chi connectivity index (χ0) is 10.7. The molecule has 78 valence electrons. The predicted octanol–water partition coefficient (Wildman–Crippen LogP) is 1.34. The molecule has 0 aliphatic carbocycles. The number of nitrogens with one attached hydrogen (secondary N) is 1. The van der Waals surface area contributed by atoms with Crippen LogP contribution in [0.5, 0.6) is 0 Å². The molecule has 0 aliphatic heterocycles. The second-order valence-corrected chi connectivity index (χ2v) is 3.69. The van der Waals surface area contributed by atoms with Gasteiger partial charge in [0.05, 0.1) is 6.10 Å². The Morgan fingerprint density at radius 1 is 1.43 bits per heavy atom. The molecule has 1 heterocycles. The molecule has 0 aromatic carbocycles. The summed E-state index contributed by atoms with van der Waals surface area (Å²) >= 11 is 0. The molecule has 0 bridgehead atoms. The maximum absolute atomic E-state index is 9.90. The lowest BCUT2D eigenvalue weighted by Crippen LogP contribution is -2.28. The van der Waals surface area contributed by atoms with Gasteiger partial charge in [0.25, 0.3) is 0 Å². The number of rotatable bonds is 3. The first-order valence-corrected chi connectivity index (χ1v) is 4.84. The van der Waals surface area contributed by atoms with Crippen LogP contribution in [0.1, 0.15) is 29.8 Å². The highest BCUT2D eigenvalue weighted by Crippen LogP contribution is 2.17. The number of hydrogen-bond acceptors (Lipinski definition) is 3. The number of likely N-dealkylation sites (N-methyl/N-ethyl adjacent to an activating group) is 1. The summed E-state index contributed by atoms with van der Waals surface area (Å²) in [7, 11) is 1.84. The highest BCUT2D eigenvalue weighted by Gasteiger charge is 2.15. The monoisotopic (exact) mass is 194 g/mol. The molecule has 0 saturated heterocycles. The fourth-order valence-corrected chi connectivity index (χ4v) is 1.27. The molecule has 0 radical (unpaired) electrons. The standard InChI is InChI=1S/C11H18N2O/c1-7-5-10(6-13-8(7)2)11(14)9(3)12-4/h5-6,9,11-12,14H,1-4H3. The second-order valence-electron chi connectivity index (χ2n) is 3.69. The van der Waals surface area contributed by atoms with E-state index in [1.165, 1.54) is 0 Å². The van der Waals surface area contributed by atoms with Gasteiger partial charge in [-0.2, -0.15) is 0 Å². The molecule has 2 unspecified atom stereocenters. The fraction of sp³-hybridized carbons (Fsp3) is 0.545. The topological polar surface area (TPSA) is 45.1 Å². The Labute approximate surface area is 85.2 Å². The number of pyridine rings is 1.